The van der Waals surface area contributed by atoms with Crippen molar-refractivity contribution in [3.05, 3.63) is 23.8 Å². The van der Waals surface area contributed by atoms with E-state index in [2.05, 4.69) is 32.0 Å². The van der Waals surface area contributed by atoms with E-state index in [9.17, 15) is 4.79 Å². The van der Waals surface area contributed by atoms with E-state index in [1.54, 1.807) is 18.9 Å². The fourth-order valence-electron chi connectivity index (χ4n) is 2.64. The van der Waals surface area contributed by atoms with E-state index < -0.39 is 0 Å². The van der Waals surface area contributed by atoms with Crippen LogP contribution in [0.5, 0.6) is 5.75 Å². The van der Waals surface area contributed by atoms with Crippen LogP contribution in [-0.4, -0.2) is 38.7 Å². The Bertz CT molecular complexity index is 533. The predicted molar refractivity (Wildman–Crippen MR) is 113 cm³/mol. The molecule has 27 heavy (non-hydrogen) atoms. The molecule has 0 aliphatic carbocycles. The van der Waals surface area contributed by atoms with Crippen molar-refractivity contribution < 1.29 is 19.0 Å². The van der Waals surface area contributed by atoms with Gasteiger partial charge in [0.05, 0.1) is 19.6 Å². The molecule has 1 aromatic carbocycles. The summed E-state index contributed by atoms with van der Waals surface area (Å²) in [6.07, 6.45) is 5.91. The van der Waals surface area contributed by atoms with Crippen LogP contribution in [0.2, 0.25) is 0 Å². The number of carbonyl (C=O) groups excluding carboxylic acids is 1. The second-order valence-electron chi connectivity index (χ2n) is 6.82. The molecular formula is C22H36O4S. The van der Waals surface area contributed by atoms with Crippen molar-refractivity contribution in [3.63, 3.8) is 0 Å². The van der Waals surface area contributed by atoms with Gasteiger partial charge >= 0.3 is 5.97 Å². The zero-order chi connectivity index (χ0) is 19.9. The third-order valence-electron chi connectivity index (χ3n) is 4.51. The van der Waals surface area contributed by atoms with Crippen molar-refractivity contribution in [1.29, 1.82) is 0 Å². The highest BCUT2D eigenvalue weighted by molar-refractivity contribution is 7.99. The van der Waals surface area contributed by atoms with E-state index in [1.807, 2.05) is 6.92 Å². The van der Waals surface area contributed by atoms with Crippen LogP contribution in [0.4, 0.5) is 0 Å². The van der Waals surface area contributed by atoms with Crippen LogP contribution in [0.25, 0.3) is 0 Å². The van der Waals surface area contributed by atoms with Crippen molar-refractivity contribution in [1.82, 2.24) is 0 Å². The summed E-state index contributed by atoms with van der Waals surface area (Å²) in [5.41, 5.74) is 1.12. The largest absolute Gasteiger partial charge is 0.493 e. The molecular weight excluding hydrogens is 360 g/mol. The van der Waals surface area contributed by atoms with E-state index in [4.69, 9.17) is 14.2 Å². The zero-order valence-corrected chi connectivity index (χ0v) is 18.2. The average molecular weight is 397 g/mol. The van der Waals surface area contributed by atoms with Crippen LogP contribution in [0.3, 0.4) is 0 Å². The molecule has 0 aliphatic rings. The predicted octanol–water partition coefficient (Wildman–Crippen LogP) is 5.65. The Morgan fingerprint density at radius 2 is 2.00 bits per heavy atom. The first-order chi connectivity index (χ1) is 13.1. The number of esters is 1. The number of aryl methyl sites for hydroxylation is 1. The van der Waals surface area contributed by atoms with Crippen molar-refractivity contribution >= 4 is 17.7 Å². The first-order valence-electron chi connectivity index (χ1n) is 10.1. The molecule has 0 bridgehead atoms. The molecule has 1 rings (SSSR count). The molecule has 0 spiro atoms. The van der Waals surface area contributed by atoms with Crippen molar-refractivity contribution in [2.45, 2.75) is 64.2 Å². The first-order valence-corrected chi connectivity index (χ1v) is 11.1. The molecule has 0 saturated carbocycles. The number of carbonyl (C=O) groups is 1. The number of thioether (sulfide) groups is 1. The minimum Gasteiger partial charge on any atom is -0.493 e. The SMILES string of the molecule is CCCCC(CC)COC(=O)CCSc1ccc(C)c(OCCCOC)c1. The van der Waals surface area contributed by atoms with Crippen LogP contribution in [0.15, 0.2) is 23.1 Å². The summed E-state index contributed by atoms with van der Waals surface area (Å²) >= 11 is 1.66. The quantitative estimate of drug-likeness (QED) is 0.218. The molecule has 1 atom stereocenters. The van der Waals surface area contributed by atoms with E-state index in [1.165, 1.54) is 12.8 Å². The van der Waals surface area contributed by atoms with Gasteiger partial charge in [-0.15, -0.1) is 11.8 Å². The first kappa shape index (κ1) is 23.8. The number of hydrogen-bond acceptors (Lipinski definition) is 5. The summed E-state index contributed by atoms with van der Waals surface area (Å²) in [4.78, 5) is 13.1. The minimum absolute atomic E-state index is 0.0967. The van der Waals surface area contributed by atoms with Crippen LogP contribution in [0, 0.1) is 12.8 Å². The number of methoxy groups -OCH3 is 1. The molecule has 0 heterocycles. The molecule has 0 fully saturated rings. The lowest BCUT2D eigenvalue weighted by molar-refractivity contribution is -0.144. The molecule has 154 valence electrons. The number of hydrogen-bond donors (Lipinski definition) is 0. The molecule has 0 aliphatic heterocycles. The van der Waals surface area contributed by atoms with Gasteiger partial charge in [-0.05, 0) is 37.0 Å². The Kier molecular flexibility index (Phi) is 13.1. The van der Waals surface area contributed by atoms with Gasteiger partial charge in [-0.2, -0.15) is 0 Å². The van der Waals surface area contributed by atoms with Gasteiger partial charge in [-0.3, -0.25) is 4.79 Å². The van der Waals surface area contributed by atoms with Crippen LogP contribution < -0.4 is 4.74 Å². The Hall–Kier alpha value is -1.20. The lowest BCUT2D eigenvalue weighted by Gasteiger charge is -2.14. The summed E-state index contributed by atoms with van der Waals surface area (Å²) in [7, 11) is 1.70. The monoisotopic (exact) mass is 396 g/mol. The lowest BCUT2D eigenvalue weighted by atomic mass is 10.0. The smallest absolute Gasteiger partial charge is 0.306 e. The summed E-state index contributed by atoms with van der Waals surface area (Å²) in [6.45, 7) is 8.30. The molecule has 0 N–H and O–H groups in total. The fourth-order valence-corrected chi connectivity index (χ4v) is 3.50. The standard InChI is InChI=1S/C22H36O4S/c1-5-7-9-19(6-2)17-26-22(23)12-15-27-20-11-10-18(3)21(16-20)25-14-8-13-24-4/h10-11,16,19H,5-9,12-15,17H2,1-4H3. The van der Waals surface area contributed by atoms with Gasteiger partial charge in [0.15, 0.2) is 0 Å². The maximum Gasteiger partial charge on any atom is 0.306 e. The van der Waals surface area contributed by atoms with Gasteiger partial charge < -0.3 is 14.2 Å². The molecule has 5 heteroatoms. The molecule has 0 amide bonds. The number of rotatable bonds is 15. The number of benzene rings is 1. The second kappa shape index (κ2) is 14.8. The Labute approximate surface area is 169 Å². The summed E-state index contributed by atoms with van der Waals surface area (Å²) in [5.74, 6) is 2.02. The molecule has 1 unspecified atom stereocenters. The van der Waals surface area contributed by atoms with Gasteiger partial charge in [-0.25, -0.2) is 0 Å². The Balaban J connectivity index is 2.33. The highest BCUT2D eigenvalue weighted by Crippen LogP contribution is 2.27. The van der Waals surface area contributed by atoms with E-state index in [0.29, 0.717) is 32.2 Å². The maximum absolute atomic E-state index is 12.0. The number of unbranched alkanes of at least 4 members (excludes halogenated alkanes) is 1. The van der Waals surface area contributed by atoms with Gasteiger partial charge in [0.25, 0.3) is 0 Å². The van der Waals surface area contributed by atoms with E-state index in [0.717, 1.165) is 41.2 Å². The number of ether oxygens (including phenoxy) is 3. The van der Waals surface area contributed by atoms with Gasteiger partial charge in [0, 0.05) is 30.8 Å². The minimum atomic E-state index is -0.0967. The zero-order valence-electron chi connectivity index (χ0n) is 17.4. The summed E-state index contributed by atoms with van der Waals surface area (Å²) < 4.78 is 16.3. The normalized spacial score (nSPS) is 12.0. The average Bonchev–Trinajstić information content (AvgIpc) is 2.67. The highest BCUT2D eigenvalue weighted by atomic mass is 32.2. The van der Waals surface area contributed by atoms with Gasteiger partial charge in [-0.1, -0.05) is 39.2 Å². The van der Waals surface area contributed by atoms with Crippen molar-refractivity contribution in [3.8, 4) is 5.75 Å². The van der Waals surface area contributed by atoms with E-state index >= 15 is 0 Å². The van der Waals surface area contributed by atoms with Gasteiger partial charge in [0.2, 0.25) is 0 Å². The van der Waals surface area contributed by atoms with Crippen LogP contribution >= 0.6 is 11.8 Å². The topological polar surface area (TPSA) is 44.8 Å². The van der Waals surface area contributed by atoms with Crippen LogP contribution in [-0.2, 0) is 14.3 Å². The van der Waals surface area contributed by atoms with Crippen LogP contribution in [0.1, 0.15) is 57.9 Å². The molecule has 4 nitrogen and oxygen atoms in total. The summed E-state index contributed by atoms with van der Waals surface area (Å²) in [5, 5.41) is 0. The molecule has 0 radical (unpaired) electrons. The Morgan fingerprint density at radius 3 is 2.70 bits per heavy atom. The third-order valence-corrected chi connectivity index (χ3v) is 5.50. The van der Waals surface area contributed by atoms with Crippen molar-refractivity contribution in [2.75, 3.05) is 32.7 Å². The maximum atomic E-state index is 12.0. The lowest BCUT2D eigenvalue weighted by Crippen LogP contribution is -2.14. The summed E-state index contributed by atoms with van der Waals surface area (Å²) in [6, 6.07) is 6.19. The highest BCUT2D eigenvalue weighted by Gasteiger charge is 2.10. The molecule has 0 aromatic heterocycles. The Morgan fingerprint density at radius 1 is 1.19 bits per heavy atom. The fraction of sp³-hybridized carbons (Fsp3) is 0.682. The second-order valence-corrected chi connectivity index (χ2v) is 7.99. The molecule has 1 aromatic rings. The third kappa shape index (κ3) is 10.6. The van der Waals surface area contributed by atoms with E-state index in [-0.39, 0.29) is 5.97 Å². The van der Waals surface area contributed by atoms with Gasteiger partial charge in [0.1, 0.15) is 5.75 Å². The van der Waals surface area contributed by atoms with Crippen molar-refractivity contribution in [2.24, 2.45) is 5.92 Å². The molecule has 0 saturated heterocycles.